The van der Waals surface area contributed by atoms with Gasteiger partial charge in [0.05, 0.1) is 18.8 Å². The molecule has 1 heterocycles. The van der Waals surface area contributed by atoms with Gasteiger partial charge in [-0.05, 0) is 12.3 Å². The van der Waals surface area contributed by atoms with E-state index < -0.39 is 0 Å². The molecule has 1 aliphatic rings. The van der Waals surface area contributed by atoms with Crippen molar-refractivity contribution < 1.29 is 5.11 Å². The lowest BCUT2D eigenvalue weighted by Gasteiger charge is -1.98. The molecule has 0 aliphatic heterocycles. The maximum absolute atomic E-state index is 8.79. The van der Waals surface area contributed by atoms with E-state index in [4.69, 9.17) is 10.8 Å². The topological polar surface area (TPSA) is 64.1 Å². The lowest BCUT2D eigenvalue weighted by atomic mass is 10.2. The number of rotatable bonds is 4. The summed E-state index contributed by atoms with van der Waals surface area (Å²) >= 11 is 0. The molecule has 0 spiro atoms. The van der Waals surface area contributed by atoms with Crippen LogP contribution >= 0.6 is 0 Å². The van der Waals surface area contributed by atoms with Gasteiger partial charge in [0.25, 0.3) is 0 Å². The van der Waals surface area contributed by atoms with Crippen LogP contribution in [0.2, 0.25) is 0 Å². The standard InChI is InChI=1S/C10H17N3O/c1-2-7-5-8(7)9-6-10(11)13(12-9)3-4-14/h6-8,14H,2-5,11H2,1H3. The van der Waals surface area contributed by atoms with Crippen LogP contribution in [-0.2, 0) is 6.54 Å². The fourth-order valence-corrected chi connectivity index (χ4v) is 1.97. The minimum Gasteiger partial charge on any atom is -0.394 e. The van der Waals surface area contributed by atoms with Crippen molar-refractivity contribution in [2.45, 2.75) is 32.2 Å². The molecule has 0 amide bonds. The van der Waals surface area contributed by atoms with Crippen LogP contribution in [0.3, 0.4) is 0 Å². The second-order valence-electron chi connectivity index (χ2n) is 3.95. The van der Waals surface area contributed by atoms with Crippen molar-refractivity contribution in [1.82, 2.24) is 9.78 Å². The van der Waals surface area contributed by atoms with Gasteiger partial charge in [0.15, 0.2) is 0 Å². The largest absolute Gasteiger partial charge is 0.394 e. The lowest BCUT2D eigenvalue weighted by Crippen LogP contribution is -2.07. The highest BCUT2D eigenvalue weighted by molar-refractivity contribution is 5.34. The minimum absolute atomic E-state index is 0.0905. The Hall–Kier alpha value is -1.03. The van der Waals surface area contributed by atoms with Crippen molar-refractivity contribution in [3.63, 3.8) is 0 Å². The van der Waals surface area contributed by atoms with E-state index in [1.165, 1.54) is 12.8 Å². The first-order valence-corrected chi connectivity index (χ1v) is 5.20. The molecule has 1 fully saturated rings. The van der Waals surface area contributed by atoms with Crippen LogP contribution in [0.1, 0.15) is 31.4 Å². The summed E-state index contributed by atoms with van der Waals surface area (Å²) in [6.45, 7) is 2.79. The Morgan fingerprint density at radius 3 is 3.07 bits per heavy atom. The van der Waals surface area contributed by atoms with Crippen LogP contribution in [0.5, 0.6) is 0 Å². The predicted molar refractivity (Wildman–Crippen MR) is 54.9 cm³/mol. The van der Waals surface area contributed by atoms with E-state index in [1.54, 1.807) is 4.68 Å². The van der Waals surface area contributed by atoms with Gasteiger partial charge < -0.3 is 10.8 Å². The van der Waals surface area contributed by atoms with Gasteiger partial charge in [-0.15, -0.1) is 0 Å². The van der Waals surface area contributed by atoms with Crippen LogP contribution in [-0.4, -0.2) is 21.5 Å². The van der Waals surface area contributed by atoms with Gasteiger partial charge in [-0.25, -0.2) is 4.68 Å². The molecule has 0 aromatic carbocycles. The van der Waals surface area contributed by atoms with Crippen LogP contribution in [0.25, 0.3) is 0 Å². The SMILES string of the molecule is CCC1CC1c1cc(N)n(CCO)n1. The summed E-state index contributed by atoms with van der Waals surface area (Å²) in [7, 11) is 0. The Labute approximate surface area is 83.7 Å². The highest BCUT2D eigenvalue weighted by atomic mass is 16.3. The molecule has 4 heteroatoms. The van der Waals surface area contributed by atoms with E-state index in [0.717, 1.165) is 11.6 Å². The Kier molecular flexibility index (Phi) is 2.46. The van der Waals surface area contributed by atoms with Crippen molar-refractivity contribution in [2.24, 2.45) is 5.92 Å². The third-order valence-corrected chi connectivity index (χ3v) is 2.97. The summed E-state index contributed by atoms with van der Waals surface area (Å²) < 4.78 is 1.68. The molecule has 2 rings (SSSR count). The van der Waals surface area contributed by atoms with Crippen LogP contribution in [0, 0.1) is 5.92 Å². The Balaban J connectivity index is 2.09. The van der Waals surface area contributed by atoms with Crippen molar-refractivity contribution in [2.75, 3.05) is 12.3 Å². The van der Waals surface area contributed by atoms with Crippen LogP contribution < -0.4 is 5.73 Å². The number of nitrogens with two attached hydrogens (primary N) is 1. The first kappa shape index (κ1) is 9.52. The van der Waals surface area contributed by atoms with Crippen molar-refractivity contribution >= 4 is 5.82 Å². The van der Waals surface area contributed by atoms with Gasteiger partial charge in [0.1, 0.15) is 5.82 Å². The Bertz CT molecular complexity index is 321. The molecule has 3 N–H and O–H groups in total. The normalized spacial score (nSPS) is 25.3. The molecule has 0 saturated heterocycles. The van der Waals surface area contributed by atoms with E-state index in [0.29, 0.717) is 18.3 Å². The van der Waals surface area contributed by atoms with Gasteiger partial charge in [0.2, 0.25) is 0 Å². The smallest absolute Gasteiger partial charge is 0.122 e. The fourth-order valence-electron chi connectivity index (χ4n) is 1.97. The van der Waals surface area contributed by atoms with E-state index in [-0.39, 0.29) is 6.61 Å². The molecular weight excluding hydrogens is 178 g/mol. The van der Waals surface area contributed by atoms with Gasteiger partial charge in [-0.2, -0.15) is 5.10 Å². The number of aliphatic hydroxyl groups is 1. The average molecular weight is 195 g/mol. The Morgan fingerprint density at radius 1 is 1.71 bits per heavy atom. The third-order valence-electron chi connectivity index (χ3n) is 2.97. The van der Waals surface area contributed by atoms with E-state index in [1.807, 2.05) is 6.07 Å². The van der Waals surface area contributed by atoms with Gasteiger partial charge in [-0.3, -0.25) is 0 Å². The fraction of sp³-hybridized carbons (Fsp3) is 0.700. The number of aliphatic hydroxyl groups excluding tert-OH is 1. The zero-order chi connectivity index (χ0) is 10.1. The first-order chi connectivity index (χ1) is 6.76. The van der Waals surface area contributed by atoms with Crippen molar-refractivity contribution in [1.29, 1.82) is 0 Å². The number of hydrogen-bond donors (Lipinski definition) is 2. The number of aromatic nitrogens is 2. The predicted octanol–water partition coefficient (Wildman–Crippen LogP) is 0.971. The van der Waals surface area contributed by atoms with Gasteiger partial charge in [0, 0.05) is 12.0 Å². The molecule has 14 heavy (non-hydrogen) atoms. The molecule has 1 aliphatic carbocycles. The molecular formula is C10H17N3O. The Morgan fingerprint density at radius 2 is 2.50 bits per heavy atom. The first-order valence-electron chi connectivity index (χ1n) is 5.20. The molecule has 0 bridgehead atoms. The highest BCUT2D eigenvalue weighted by Gasteiger charge is 2.38. The highest BCUT2D eigenvalue weighted by Crippen LogP contribution is 2.49. The summed E-state index contributed by atoms with van der Waals surface area (Å²) in [5, 5.41) is 13.2. The second kappa shape index (κ2) is 3.61. The zero-order valence-corrected chi connectivity index (χ0v) is 8.48. The summed E-state index contributed by atoms with van der Waals surface area (Å²) in [6, 6.07) is 1.94. The van der Waals surface area contributed by atoms with E-state index in [9.17, 15) is 0 Å². The molecule has 4 nitrogen and oxygen atoms in total. The summed E-state index contributed by atoms with van der Waals surface area (Å²) in [4.78, 5) is 0. The number of nitrogens with zero attached hydrogens (tertiary/aromatic N) is 2. The average Bonchev–Trinajstić information content (AvgIpc) is 2.87. The van der Waals surface area contributed by atoms with Gasteiger partial charge in [-0.1, -0.05) is 13.3 Å². The maximum atomic E-state index is 8.79. The monoisotopic (exact) mass is 195 g/mol. The summed E-state index contributed by atoms with van der Waals surface area (Å²) in [6.07, 6.45) is 2.46. The van der Waals surface area contributed by atoms with Crippen molar-refractivity contribution in [3.8, 4) is 0 Å². The van der Waals surface area contributed by atoms with Crippen LogP contribution in [0.15, 0.2) is 6.07 Å². The number of anilines is 1. The van der Waals surface area contributed by atoms with Crippen molar-refractivity contribution in [3.05, 3.63) is 11.8 Å². The minimum atomic E-state index is 0.0905. The summed E-state index contributed by atoms with van der Waals surface area (Å²) in [5.74, 6) is 2.07. The van der Waals surface area contributed by atoms with Crippen LogP contribution in [0.4, 0.5) is 5.82 Å². The zero-order valence-electron chi connectivity index (χ0n) is 8.48. The molecule has 2 atom stereocenters. The second-order valence-corrected chi connectivity index (χ2v) is 3.95. The molecule has 1 aromatic heterocycles. The molecule has 1 aromatic rings. The van der Waals surface area contributed by atoms with E-state index >= 15 is 0 Å². The molecule has 1 saturated carbocycles. The maximum Gasteiger partial charge on any atom is 0.122 e. The summed E-state index contributed by atoms with van der Waals surface area (Å²) in [5.41, 5.74) is 6.87. The lowest BCUT2D eigenvalue weighted by molar-refractivity contribution is 0.270. The number of nitrogen functional groups attached to an aromatic ring is 1. The van der Waals surface area contributed by atoms with Gasteiger partial charge >= 0.3 is 0 Å². The molecule has 0 radical (unpaired) electrons. The third kappa shape index (κ3) is 1.62. The quantitative estimate of drug-likeness (QED) is 0.752. The number of hydrogen-bond acceptors (Lipinski definition) is 3. The molecule has 2 unspecified atom stereocenters. The molecule has 78 valence electrons. The van der Waals surface area contributed by atoms with E-state index in [2.05, 4.69) is 12.0 Å².